The molecule has 0 saturated heterocycles. The molecule has 0 spiro atoms. The van der Waals surface area contributed by atoms with Crippen molar-refractivity contribution in [2.75, 3.05) is 5.32 Å². The first-order valence-electron chi connectivity index (χ1n) is 8.93. The number of hydrogen-bond donors (Lipinski definition) is 2. The zero-order valence-corrected chi connectivity index (χ0v) is 16.7. The fraction of sp³-hybridized carbons (Fsp3) is 0.316. The molecule has 12 heteroatoms. The summed E-state index contributed by atoms with van der Waals surface area (Å²) in [5, 5.41) is 8.42. The number of nitrogens with zero attached hydrogens (tertiary/aromatic N) is 2. The molecule has 166 valence electrons. The first-order chi connectivity index (χ1) is 14.4. The van der Waals surface area contributed by atoms with Gasteiger partial charge in [-0.3, -0.25) is 14.3 Å². The van der Waals surface area contributed by atoms with Crippen LogP contribution in [0.2, 0.25) is 5.02 Å². The van der Waals surface area contributed by atoms with E-state index in [1.54, 1.807) is 0 Å². The number of aromatic nitrogens is 2. The Hall–Kier alpha value is -2.95. The van der Waals surface area contributed by atoms with Crippen LogP contribution < -0.4 is 10.6 Å². The number of hydrogen-bond acceptors (Lipinski definition) is 3. The number of rotatable bonds is 6. The summed E-state index contributed by atoms with van der Waals surface area (Å²) in [7, 11) is 1.05. The number of halogens is 6. The molecule has 2 aromatic rings. The van der Waals surface area contributed by atoms with Crippen molar-refractivity contribution in [2.24, 2.45) is 7.05 Å². The van der Waals surface area contributed by atoms with Gasteiger partial charge in [0.05, 0.1) is 10.6 Å². The van der Waals surface area contributed by atoms with Crippen molar-refractivity contribution in [3.63, 3.8) is 0 Å². The summed E-state index contributed by atoms with van der Waals surface area (Å²) in [6.45, 7) is 3.23. The van der Waals surface area contributed by atoms with Crippen molar-refractivity contribution in [3.05, 3.63) is 52.3 Å². The number of benzene rings is 1. The number of carbonyl (C=O) groups excluding carboxylic acids is 2. The van der Waals surface area contributed by atoms with E-state index in [1.807, 2.05) is 0 Å². The Labute approximate surface area is 178 Å². The first-order valence-corrected chi connectivity index (χ1v) is 9.30. The molecular formula is C19H16ClF5N4O2. The fourth-order valence-corrected chi connectivity index (χ4v) is 3.03. The van der Waals surface area contributed by atoms with Gasteiger partial charge in [0, 0.05) is 24.3 Å². The molecular weight excluding hydrogens is 447 g/mol. The van der Waals surface area contributed by atoms with E-state index in [1.165, 1.54) is 18.2 Å². The van der Waals surface area contributed by atoms with Gasteiger partial charge >= 0.3 is 12.1 Å². The molecule has 1 aliphatic carbocycles. The highest BCUT2D eigenvalue weighted by atomic mass is 35.5. The van der Waals surface area contributed by atoms with Crippen LogP contribution in [-0.2, 0) is 13.0 Å². The Kier molecular flexibility index (Phi) is 5.83. The monoisotopic (exact) mass is 462 g/mol. The van der Waals surface area contributed by atoms with Gasteiger partial charge in [0.2, 0.25) is 0 Å². The van der Waals surface area contributed by atoms with Crippen LogP contribution in [-0.4, -0.2) is 33.8 Å². The van der Waals surface area contributed by atoms with E-state index in [9.17, 15) is 31.5 Å². The van der Waals surface area contributed by atoms with Gasteiger partial charge in [-0.1, -0.05) is 24.3 Å². The van der Waals surface area contributed by atoms with Crippen LogP contribution in [0.15, 0.2) is 24.8 Å². The van der Waals surface area contributed by atoms with Gasteiger partial charge in [0.25, 0.3) is 11.8 Å². The van der Waals surface area contributed by atoms with E-state index in [2.05, 4.69) is 22.3 Å². The summed E-state index contributed by atoms with van der Waals surface area (Å²) in [6, 6.07) is 4.02. The van der Waals surface area contributed by atoms with E-state index in [0.717, 1.165) is 19.9 Å². The highest BCUT2D eigenvalue weighted by Gasteiger charge is 2.61. The zero-order valence-electron chi connectivity index (χ0n) is 16.0. The second-order valence-corrected chi connectivity index (χ2v) is 7.31. The lowest BCUT2D eigenvalue weighted by Crippen LogP contribution is -2.34. The number of amides is 2. The van der Waals surface area contributed by atoms with Gasteiger partial charge in [-0.25, -0.2) is 0 Å². The number of alkyl halides is 5. The molecule has 1 aliphatic rings. The number of aryl methyl sites for hydroxylation is 1. The Morgan fingerprint density at radius 3 is 2.42 bits per heavy atom. The van der Waals surface area contributed by atoms with E-state index in [-0.39, 0.29) is 22.3 Å². The summed E-state index contributed by atoms with van der Waals surface area (Å²) in [5.41, 5.74) is -2.81. The van der Waals surface area contributed by atoms with Gasteiger partial charge in [0.1, 0.15) is 11.4 Å². The SMILES string of the molecule is C=Cc1c(C(F)(F)C(F)(F)F)nn(C)c1C(=O)Nc1ccc(Cl)c(C(=O)NC2CC2)c1. The molecule has 0 unspecified atom stereocenters. The molecule has 31 heavy (non-hydrogen) atoms. The van der Waals surface area contributed by atoms with Crippen molar-refractivity contribution in [2.45, 2.75) is 31.0 Å². The highest BCUT2D eigenvalue weighted by Crippen LogP contribution is 2.45. The summed E-state index contributed by atoms with van der Waals surface area (Å²) in [5.74, 6) is -6.77. The molecule has 0 aliphatic heterocycles. The van der Waals surface area contributed by atoms with Crippen LogP contribution in [0.1, 0.15) is 44.9 Å². The predicted molar refractivity (Wildman–Crippen MR) is 103 cm³/mol. The summed E-state index contributed by atoms with van der Waals surface area (Å²) in [4.78, 5) is 24.9. The molecule has 1 saturated carbocycles. The third kappa shape index (κ3) is 4.41. The van der Waals surface area contributed by atoms with Crippen LogP contribution in [0.5, 0.6) is 0 Å². The Morgan fingerprint density at radius 1 is 1.23 bits per heavy atom. The summed E-state index contributed by atoms with van der Waals surface area (Å²) in [6.07, 6.45) is -3.52. The second-order valence-electron chi connectivity index (χ2n) is 6.91. The lowest BCUT2D eigenvalue weighted by atomic mass is 10.1. The number of nitrogens with one attached hydrogen (secondary N) is 2. The molecule has 0 atom stereocenters. The van der Waals surface area contributed by atoms with Gasteiger partial charge in [-0.15, -0.1) is 0 Å². The van der Waals surface area contributed by atoms with Crippen molar-refractivity contribution in [1.82, 2.24) is 15.1 Å². The maximum absolute atomic E-state index is 13.9. The van der Waals surface area contributed by atoms with Crippen molar-refractivity contribution >= 4 is 35.2 Å². The molecule has 0 radical (unpaired) electrons. The summed E-state index contributed by atoms with van der Waals surface area (Å²) < 4.78 is 66.7. The molecule has 3 rings (SSSR count). The smallest absolute Gasteiger partial charge is 0.349 e. The predicted octanol–water partition coefficient (Wildman–Crippen LogP) is 4.52. The lowest BCUT2D eigenvalue weighted by Gasteiger charge is -2.18. The highest BCUT2D eigenvalue weighted by molar-refractivity contribution is 6.34. The van der Waals surface area contributed by atoms with Crippen LogP contribution in [0.25, 0.3) is 6.08 Å². The average molecular weight is 463 g/mol. The maximum atomic E-state index is 13.9. The maximum Gasteiger partial charge on any atom is 0.459 e. The Balaban J connectivity index is 1.92. The van der Waals surface area contributed by atoms with Crippen LogP contribution in [0.3, 0.4) is 0 Å². The Morgan fingerprint density at radius 2 is 1.87 bits per heavy atom. The van der Waals surface area contributed by atoms with Crippen molar-refractivity contribution in [3.8, 4) is 0 Å². The molecule has 6 nitrogen and oxygen atoms in total. The topological polar surface area (TPSA) is 76.0 Å². The van der Waals surface area contributed by atoms with E-state index in [4.69, 9.17) is 11.6 Å². The van der Waals surface area contributed by atoms with Gasteiger partial charge in [0.15, 0.2) is 0 Å². The minimum Gasteiger partial charge on any atom is -0.349 e. The van der Waals surface area contributed by atoms with E-state index < -0.39 is 40.9 Å². The lowest BCUT2D eigenvalue weighted by molar-refractivity contribution is -0.291. The van der Waals surface area contributed by atoms with Crippen LogP contribution >= 0.6 is 11.6 Å². The molecule has 1 aromatic carbocycles. The molecule has 1 aromatic heterocycles. The minimum absolute atomic E-state index is 0.0557. The average Bonchev–Trinajstić information content (AvgIpc) is 3.41. The minimum atomic E-state index is -5.91. The van der Waals surface area contributed by atoms with Crippen molar-refractivity contribution in [1.29, 1.82) is 0 Å². The fourth-order valence-electron chi connectivity index (χ4n) is 2.83. The number of carbonyl (C=O) groups is 2. The molecule has 2 N–H and O–H groups in total. The molecule has 2 amide bonds. The van der Waals surface area contributed by atoms with Crippen molar-refractivity contribution < 1.29 is 31.5 Å². The second kappa shape index (κ2) is 7.95. The largest absolute Gasteiger partial charge is 0.459 e. The third-order valence-electron chi connectivity index (χ3n) is 4.54. The standard InChI is InChI=1S/C19H16ClF5N4O2/c1-3-11-14(29(2)28-15(11)18(21,22)19(23,24)25)17(31)27-10-6-7-13(20)12(8-10)16(30)26-9-4-5-9/h3,6-9H,1,4-5H2,2H3,(H,26,30)(H,27,31). The van der Waals surface area contributed by atoms with Gasteiger partial charge in [-0.05, 0) is 31.0 Å². The van der Waals surface area contributed by atoms with Gasteiger partial charge < -0.3 is 10.6 Å². The van der Waals surface area contributed by atoms with Crippen LogP contribution in [0, 0.1) is 0 Å². The quantitative estimate of drug-likeness (QED) is 0.620. The first kappa shape index (κ1) is 22.7. The zero-order chi connectivity index (χ0) is 23.1. The normalized spacial score (nSPS) is 14.3. The van der Waals surface area contributed by atoms with E-state index in [0.29, 0.717) is 10.8 Å². The number of anilines is 1. The van der Waals surface area contributed by atoms with E-state index >= 15 is 0 Å². The third-order valence-corrected chi connectivity index (χ3v) is 4.87. The Bertz CT molecular complexity index is 1060. The molecule has 1 fully saturated rings. The molecule has 0 bridgehead atoms. The summed E-state index contributed by atoms with van der Waals surface area (Å²) >= 11 is 6.03. The molecule has 1 heterocycles. The van der Waals surface area contributed by atoms with Crippen LogP contribution in [0.4, 0.5) is 27.6 Å². The van der Waals surface area contributed by atoms with Gasteiger partial charge in [-0.2, -0.15) is 27.1 Å².